The first-order chi connectivity index (χ1) is 13.1. The maximum absolute atomic E-state index is 13.5. The van der Waals surface area contributed by atoms with Gasteiger partial charge in [0.25, 0.3) is 0 Å². The zero-order chi connectivity index (χ0) is 18.8. The average Bonchev–Trinajstić information content (AvgIpc) is 3.15. The Hall–Kier alpha value is -2.13. The van der Waals surface area contributed by atoms with Gasteiger partial charge in [-0.1, -0.05) is 11.8 Å². The van der Waals surface area contributed by atoms with E-state index in [4.69, 9.17) is 4.74 Å². The number of ether oxygens (including phenoxy) is 1. The van der Waals surface area contributed by atoms with Crippen LogP contribution in [0.5, 0.6) is 0 Å². The molecule has 4 rings (SSSR count). The number of aliphatic imine (C=N–C) groups is 1. The number of hydrogen-bond acceptors (Lipinski definition) is 6. The molecule has 0 aliphatic carbocycles. The number of amidine groups is 1. The molecule has 27 heavy (non-hydrogen) atoms. The van der Waals surface area contributed by atoms with Gasteiger partial charge in [0, 0.05) is 30.4 Å². The number of carbonyl (C=O) groups excluding carboxylic acids is 2. The highest BCUT2D eigenvalue weighted by Crippen LogP contribution is 2.32. The van der Waals surface area contributed by atoms with Crippen LogP contribution < -0.4 is 10.2 Å². The fourth-order valence-electron chi connectivity index (χ4n) is 3.67. The molecule has 2 amide bonds. The predicted octanol–water partition coefficient (Wildman–Crippen LogP) is 1.97. The van der Waals surface area contributed by atoms with Crippen molar-refractivity contribution < 1.29 is 18.7 Å². The normalized spacial score (nSPS) is 20.9. The molecule has 3 heterocycles. The van der Waals surface area contributed by atoms with Crippen LogP contribution in [0.1, 0.15) is 18.4 Å². The maximum Gasteiger partial charge on any atom is 0.414 e. The molecule has 0 saturated carbocycles. The van der Waals surface area contributed by atoms with Crippen LogP contribution in [0.3, 0.4) is 0 Å². The van der Waals surface area contributed by atoms with E-state index in [9.17, 15) is 14.0 Å². The number of benzene rings is 1. The number of hydrogen-bond donors (Lipinski definition) is 1. The summed E-state index contributed by atoms with van der Waals surface area (Å²) in [6, 6.07) is 4.41. The van der Waals surface area contributed by atoms with Gasteiger partial charge < -0.3 is 10.1 Å². The Morgan fingerprint density at radius 3 is 2.93 bits per heavy atom. The fraction of sp³-hybridized carbons (Fsp3) is 0.500. The lowest BCUT2D eigenvalue weighted by molar-refractivity contribution is -0.121. The monoisotopic (exact) mass is 392 g/mol. The second-order valence-corrected chi connectivity index (χ2v) is 7.87. The number of amides is 2. The summed E-state index contributed by atoms with van der Waals surface area (Å²) in [4.78, 5) is 32.4. The van der Waals surface area contributed by atoms with Crippen LogP contribution in [-0.4, -0.2) is 60.0 Å². The lowest BCUT2D eigenvalue weighted by atomic mass is 10.0. The molecule has 1 aromatic rings. The highest BCUT2D eigenvalue weighted by Gasteiger charge is 2.34. The Morgan fingerprint density at radius 1 is 1.37 bits per heavy atom. The van der Waals surface area contributed by atoms with Gasteiger partial charge in [-0.25, -0.2) is 9.18 Å². The highest BCUT2D eigenvalue weighted by atomic mass is 32.2. The van der Waals surface area contributed by atoms with Gasteiger partial charge in [-0.2, -0.15) is 0 Å². The minimum atomic E-state index is -0.387. The molecule has 3 aliphatic rings. The molecule has 1 saturated heterocycles. The molecule has 0 bridgehead atoms. The number of fused-ring (bicyclic) bond motifs is 1. The van der Waals surface area contributed by atoms with Crippen LogP contribution in [0.25, 0.3) is 0 Å². The summed E-state index contributed by atoms with van der Waals surface area (Å²) in [5.74, 6) is 0.524. The average molecular weight is 392 g/mol. The molecular formula is C18H21FN4O3S. The first kappa shape index (κ1) is 18.2. The van der Waals surface area contributed by atoms with E-state index in [2.05, 4.69) is 15.2 Å². The molecule has 9 heteroatoms. The van der Waals surface area contributed by atoms with Crippen molar-refractivity contribution in [1.82, 2.24) is 10.2 Å². The second-order valence-electron chi connectivity index (χ2n) is 6.79. The second kappa shape index (κ2) is 7.85. The van der Waals surface area contributed by atoms with Gasteiger partial charge in [0.2, 0.25) is 5.91 Å². The third kappa shape index (κ3) is 4.08. The van der Waals surface area contributed by atoms with Crippen molar-refractivity contribution in [2.45, 2.75) is 25.5 Å². The van der Waals surface area contributed by atoms with Gasteiger partial charge in [-0.05, 0) is 31.0 Å². The van der Waals surface area contributed by atoms with Gasteiger partial charge >= 0.3 is 6.09 Å². The minimum Gasteiger partial charge on any atom is -0.444 e. The number of thioether (sulfide) groups is 1. The Bertz CT molecular complexity index is 780. The number of halogens is 1. The van der Waals surface area contributed by atoms with Gasteiger partial charge in [0.05, 0.1) is 18.8 Å². The van der Waals surface area contributed by atoms with Crippen LogP contribution >= 0.6 is 11.8 Å². The van der Waals surface area contributed by atoms with E-state index in [0.717, 1.165) is 30.8 Å². The lowest BCUT2D eigenvalue weighted by Gasteiger charge is -2.40. The number of cyclic esters (lactones) is 1. The third-order valence-electron chi connectivity index (χ3n) is 4.97. The van der Waals surface area contributed by atoms with Crippen molar-refractivity contribution in [2.75, 3.05) is 36.8 Å². The quantitative estimate of drug-likeness (QED) is 0.851. The molecular weight excluding hydrogens is 371 g/mol. The van der Waals surface area contributed by atoms with E-state index >= 15 is 0 Å². The topological polar surface area (TPSA) is 74.2 Å². The zero-order valence-corrected chi connectivity index (χ0v) is 15.6. The summed E-state index contributed by atoms with van der Waals surface area (Å²) in [7, 11) is 0. The van der Waals surface area contributed by atoms with Gasteiger partial charge in [-0.15, -0.1) is 0 Å². The SMILES string of the molecule is O=C(CN1CCC(N2C(=O)OCc3cc(F)ccc32)CC1)NC1=NCCS1. The molecule has 0 radical (unpaired) electrons. The molecule has 1 aromatic carbocycles. The summed E-state index contributed by atoms with van der Waals surface area (Å²) in [6.07, 6.45) is 1.07. The van der Waals surface area contributed by atoms with E-state index in [1.54, 1.807) is 22.7 Å². The van der Waals surface area contributed by atoms with Gasteiger partial charge in [0.15, 0.2) is 5.17 Å². The largest absolute Gasteiger partial charge is 0.444 e. The van der Waals surface area contributed by atoms with Gasteiger partial charge in [-0.3, -0.25) is 19.6 Å². The Morgan fingerprint density at radius 2 is 2.19 bits per heavy atom. The number of piperidine rings is 1. The maximum atomic E-state index is 13.5. The Labute approximate surface area is 160 Å². The molecule has 3 aliphatic heterocycles. The molecule has 0 aromatic heterocycles. The van der Waals surface area contributed by atoms with Crippen molar-refractivity contribution in [2.24, 2.45) is 4.99 Å². The van der Waals surface area contributed by atoms with Crippen LogP contribution in [0, 0.1) is 5.82 Å². The van der Waals surface area contributed by atoms with E-state index in [0.29, 0.717) is 30.4 Å². The van der Waals surface area contributed by atoms with E-state index in [-0.39, 0.29) is 30.5 Å². The standard InChI is InChI=1S/C18H21FN4O3S/c19-13-1-2-15-12(9-13)11-26-18(25)23(15)14-3-6-22(7-4-14)10-16(24)21-17-20-5-8-27-17/h1-2,9,14H,3-8,10-11H2,(H,20,21,24). The van der Waals surface area contributed by atoms with Crippen LogP contribution in [0.15, 0.2) is 23.2 Å². The van der Waals surface area contributed by atoms with E-state index < -0.39 is 0 Å². The smallest absolute Gasteiger partial charge is 0.414 e. The van der Waals surface area contributed by atoms with Crippen LogP contribution in [-0.2, 0) is 16.1 Å². The molecule has 0 spiro atoms. The minimum absolute atomic E-state index is 0.0175. The van der Waals surface area contributed by atoms with E-state index in [1.807, 2.05) is 0 Å². The molecule has 7 nitrogen and oxygen atoms in total. The van der Waals surface area contributed by atoms with Crippen molar-refractivity contribution in [3.63, 3.8) is 0 Å². The third-order valence-corrected chi connectivity index (χ3v) is 5.86. The van der Waals surface area contributed by atoms with Crippen molar-refractivity contribution in [1.29, 1.82) is 0 Å². The first-order valence-corrected chi connectivity index (χ1v) is 10.0. The molecule has 144 valence electrons. The van der Waals surface area contributed by atoms with Crippen molar-refractivity contribution >= 4 is 34.6 Å². The van der Waals surface area contributed by atoms with Gasteiger partial charge in [0.1, 0.15) is 12.4 Å². The van der Waals surface area contributed by atoms with E-state index in [1.165, 1.54) is 12.1 Å². The zero-order valence-electron chi connectivity index (χ0n) is 14.8. The summed E-state index contributed by atoms with van der Waals surface area (Å²) in [5, 5.41) is 3.54. The number of nitrogens with one attached hydrogen (secondary N) is 1. The fourth-order valence-corrected chi connectivity index (χ4v) is 4.41. The molecule has 1 N–H and O–H groups in total. The summed E-state index contributed by atoms with van der Waals surface area (Å²) >= 11 is 1.56. The predicted molar refractivity (Wildman–Crippen MR) is 101 cm³/mol. The lowest BCUT2D eigenvalue weighted by Crippen LogP contribution is -2.51. The highest BCUT2D eigenvalue weighted by molar-refractivity contribution is 8.14. The summed E-state index contributed by atoms with van der Waals surface area (Å²) < 4.78 is 18.7. The number of rotatable bonds is 3. The summed E-state index contributed by atoms with van der Waals surface area (Å²) in [6.45, 7) is 2.58. The first-order valence-electron chi connectivity index (χ1n) is 9.04. The molecule has 0 unspecified atom stereocenters. The Kier molecular flexibility index (Phi) is 5.31. The number of likely N-dealkylation sites (tertiary alicyclic amines) is 1. The number of nitrogens with zero attached hydrogens (tertiary/aromatic N) is 3. The van der Waals surface area contributed by atoms with Crippen molar-refractivity contribution in [3.8, 4) is 0 Å². The van der Waals surface area contributed by atoms with Crippen LogP contribution in [0.4, 0.5) is 14.9 Å². The number of carbonyl (C=O) groups is 2. The summed E-state index contributed by atoms with van der Waals surface area (Å²) in [5.41, 5.74) is 1.41. The van der Waals surface area contributed by atoms with Crippen molar-refractivity contribution in [3.05, 3.63) is 29.6 Å². The number of anilines is 1. The van der Waals surface area contributed by atoms with Crippen LogP contribution in [0.2, 0.25) is 0 Å². The molecule has 1 fully saturated rings. The Balaban J connectivity index is 1.35. The molecule has 0 atom stereocenters.